The van der Waals surface area contributed by atoms with Crippen molar-refractivity contribution in [1.82, 2.24) is 15.0 Å². The monoisotopic (exact) mass is 528 g/mol. The number of ether oxygens (including phenoxy) is 5. The number of rotatable bonds is 6. The Labute approximate surface area is 222 Å². The first-order valence-corrected chi connectivity index (χ1v) is 12.1. The normalized spacial score (nSPS) is 14.3. The maximum atomic E-state index is 12.2. The minimum Gasteiger partial charge on any atom is -0.485 e. The standard InChI is InChI=1S/C28H24N4O7/c1-15-8-18(26-20(9-15)32-25(35-3)12-30-26)23-10-19-21(39-23)5-6-22-27(19)36-13-17(38-22)14-37-28(33)31-16-4-7-24(34-2)29-11-16/h4-12,17H,13-14H2,1-3H3,(H,31,33)/t17-/m1/s1. The molecule has 0 radical (unpaired) electrons. The molecule has 39 heavy (non-hydrogen) atoms. The van der Waals surface area contributed by atoms with Crippen molar-refractivity contribution < 1.29 is 32.9 Å². The fourth-order valence-electron chi connectivity index (χ4n) is 4.34. The summed E-state index contributed by atoms with van der Waals surface area (Å²) >= 11 is 0. The van der Waals surface area contributed by atoms with Crippen molar-refractivity contribution in [2.24, 2.45) is 0 Å². The van der Waals surface area contributed by atoms with Gasteiger partial charge in [-0.25, -0.2) is 19.7 Å². The number of pyridine rings is 1. The average Bonchev–Trinajstić information content (AvgIpc) is 3.40. The third-order valence-corrected chi connectivity index (χ3v) is 6.16. The van der Waals surface area contributed by atoms with Crippen molar-refractivity contribution in [3.05, 3.63) is 60.4 Å². The lowest BCUT2D eigenvalue weighted by atomic mass is 10.1. The topological polar surface area (TPSA) is 127 Å². The molecule has 11 nitrogen and oxygen atoms in total. The summed E-state index contributed by atoms with van der Waals surface area (Å²) in [5.74, 6) is 2.62. The van der Waals surface area contributed by atoms with Gasteiger partial charge in [-0.2, -0.15) is 0 Å². The van der Waals surface area contributed by atoms with Crippen molar-refractivity contribution in [2.45, 2.75) is 13.0 Å². The predicted molar refractivity (Wildman–Crippen MR) is 142 cm³/mol. The highest BCUT2D eigenvalue weighted by Gasteiger charge is 2.26. The van der Waals surface area contributed by atoms with E-state index in [9.17, 15) is 4.79 Å². The van der Waals surface area contributed by atoms with Crippen LogP contribution in [0, 0.1) is 6.92 Å². The first kappa shape index (κ1) is 24.3. The summed E-state index contributed by atoms with van der Waals surface area (Å²) in [5, 5.41) is 3.38. The number of fused-ring (bicyclic) bond motifs is 4. The van der Waals surface area contributed by atoms with E-state index in [0.717, 1.165) is 16.5 Å². The summed E-state index contributed by atoms with van der Waals surface area (Å²) in [6.45, 7) is 2.19. The van der Waals surface area contributed by atoms with Gasteiger partial charge >= 0.3 is 6.09 Å². The Morgan fingerprint density at radius 2 is 1.92 bits per heavy atom. The van der Waals surface area contributed by atoms with Gasteiger partial charge in [0.25, 0.3) is 0 Å². The number of nitrogens with one attached hydrogen (secondary N) is 1. The van der Waals surface area contributed by atoms with E-state index >= 15 is 0 Å². The first-order chi connectivity index (χ1) is 19.0. The summed E-state index contributed by atoms with van der Waals surface area (Å²) < 4.78 is 33.9. The Bertz CT molecular complexity index is 1680. The fourth-order valence-corrected chi connectivity index (χ4v) is 4.34. The molecule has 198 valence electrons. The molecule has 3 aromatic heterocycles. The van der Waals surface area contributed by atoms with Crippen LogP contribution in [0.15, 0.2) is 59.3 Å². The maximum absolute atomic E-state index is 12.2. The first-order valence-electron chi connectivity index (χ1n) is 12.1. The number of amides is 1. The Balaban J connectivity index is 1.18. The van der Waals surface area contributed by atoms with Gasteiger partial charge in [-0.15, -0.1) is 0 Å². The zero-order valence-corrected chi connectivity index (χ0v) is 21.4. The van der Waals surface area contributed by atoms with Crippen LogP contribution >= 0.6 is 0 Å². The molecule has 1 amide bonds. The van der Waals surface area contributed by atoms with Gasteiger partial charge in [-0.3, -0.25) is 5.32 Å². The number of hydrogen-bond acceptors (Lipinski definition) is 10. The number of carbonyl (C=O) groups excluding carboxylic acids is 1. The highest BCUT2D eigenvalue weighted by atomic mass is 16.6. The molecular formula is C28H24N4O7. The summed E-state index contributed by atoms with van der Waals surface area (Å²) in [6.07, 6.45) is 1.95. The Morgan fingerprint density at radius 1 is 1.05 bits per heavy atom. The quantitative estimate of drug-likeness (QED) is 0.316. The van der Waals surface area contributed by atoms with Gasteiger partial charge in [-0.1, -0.05) is 0 Å². The molecule has 0 spiro atoms. The number of furan rings is 1. The average molecular weight is 529 g/mol. The maximum Gasteiger partial charge on any atom is 0.411 e. The van der Waals surface area contributed by atoms with Crippen molar-refractivity contribution in [3.63, 3.8) is 0 Å². The van der Waals surface area contributed by atoms with Crippen LogP contribution in [0.5, 0.6) is 23.3 Å². The molecule has 5 aromatic rings. The van der Waals surface area contributed by atoms with E-state index in [4.69, 9.17) is 28.1 Å². The molecule has 4 heterocycles. The Kier molecular flexibility index (Phi) is 6.23. The third kappa shape index (κ3) is 4.81. The number of anilines is 1. The SMILES string of the molecule is COc1ccc(NC(=O)OC[C@H]2COc3c(ccc4oc(-c5cc(C)cc6nc(OC)cnc56)cc34)O2)cn1. The van der Waals surface area contributed by atoms with E-state index in [1.54, 1.807) is 31.5 Å². The molecule has 0 fully saturated rings. The summed E-state index contributed by atoms with van der Waals surface area (Å²) in [4.78, 5) is 25.3. The van der Waals surface area contributed by atoms with Gasteiger partial charge in [-0.05, 0) is 48.9 Å². The number of nitrogens with zero attached hydrogens (tertiary/aromatic N) is 3. The molecule has 11 heteroatoms. The predicted octanol–water partition coefficient (Wildman–Crippen LogP) is 5.15. The van der Waals surface area contributed by atoms with E-state index in [2.05, 4.69) is 20.3 Å². The van der Waals surface area contributed by atoms with Crippen molar-refractivity contribution in [2.75, 3.05) is 32.8 Å². The molecule has 0 saturated carbocycles. The van der Waals surface area contributed by atoms with Crippen molar-refractivity contribution in [1.29, 1.82) is 0 Å². The number of carbonyl (C=O) groups is 1. The summed E-state index contributed by atoms with van der Waals surface area (Å²) in [7, 11) is 3.08. The second-order valence-electron chi connectivity index (χ2n) is 8.87. The minimum absolute atomic E-state index is 0.000937. The zero-order valence-electron chi connectivity index (χ0n) is 21.4. The molecule has 1 aliphatic heterocycles. The number of aromatic nitrogens is 3. The van der Waals surface area contributed by atoms with Gasteiger partial charge in [0.2, 0.25) is 11.8 Å². The molecule has 0 aliphatic carbocycles. The second kappa shape index (κ2) is 10.0. The molecule has 6 rings (SSSR count). The van der Waals surface area contributed by atoms with Gasteiger partial charge in [0.05, 0.1) is 48.7 Å². The van der Waals surface area contributed by atoms with Crippen molar-refractivity contribution >= 4 is 33.8 Å². The third-order valence-electron chi connectivity index (χ3n) is 6.16. The Morgan fingerprint density at radius 3 is 2.72 bits per heavy atom. The molecule has 0 bridgehead atoms. The highest BCUT2D eigenvalue weighted by molar-refractivity contribution is 5.96. The van der Waals surface area contributed by atoms with E-state index in [1.807, 2.05) is 31.2 Å². The number of methoxy groups -OCH3 is 2. The molecule has 0 saturated heterocycles. The van der Waals surface area contributed by atoms with Crippen molar-refractivity contribution in [3.8, 4) is 34.6 Å². The molecule has 1 atom stereocenters. The lowest BCUT2D eigenvalue weighted by Gasteiger charge is -2.26. The van der Waals surface area contributed by atoms with Gasteiger partial charge in [0.1, 0.15) is 24.6 Å². The molecule has 2 aromatic carbocycles. The number of aryl methyl sites for hydroxylation is 1. The van der Waals surface area contributed by atoms with E-state index in [-0.39, 0.29) is 13.2 Å². The zero-order chi connectivity index (χ0) is 26.9. The van der Waals surface area contributed by atoms with Crippen LogP contribution in [0.1, 0.15) is 5.56 Å². The summed E-state index contributed by atoms with van der Waals surface area (Å²) in [5.41, 5.74) is 4.36. The molecule has 0 unspecified atom stereocenters. The summed E-state index contributed by atoms with van der Waals surface area (Å²) in [6, 6.07) is 12.8. The van der Waals surface area contributed by atoms with E-state index in [0.29, 0.717) is 51.3 Å². The van der Waals surface area contributed by atoms with Crippen LogP contribution in [0.2, 0.25) is 0 Å². The number of benzene rings is 2. The van der Waals surface area contributed by atoms with Crippen LogP contribution in [0.4, 0.5) is 10.5 Å². The lowest BCUT2D eigenvalue weighted by molar-refractivity contribution is 0.0382. The smallest absolute Gasteiger partial charge is 0.411 e. The second-order valence-corrected chi connectivity index (χ2v) is 8.87. The molecule has 1 N–H and O–H groups in total. The van der Waals surface area contributed by atoms with Gasteiger partial charge in [0, 0.05) is 11.6 Å². The minimum atomic E-state index is -0.627. The van der Waals surface area contributed by atoms with Crippen LogP contribution < -0.4 is 24.3 Å². The van der Waals surface area contributed by atoms with E-state index in [1.165, 1.54) is 13.3 Å². The largest absolute Gasteiger partial charge is 0.485 e. The molecular weight excluding hydrogens is 504 g/mol. The van der Waals surface area contributed by atoms with Gasteiger partial charge < -0.3 is 28.1 Å². The highest BCUT2D eigenvalue weighted by Crippen LogP contribution is 2.43. The number of hydrogen-bond donors (Lipinski definition) is 1. The fraction of sp³-hybridized carbons (Fsp3) is 0.214. The molecule has 1 aliphatic rings. The Hall–Kier alpha value is -5.06. The van der Waals surface area contributed by atoms with Crippen LogP contribution in [0.3, 0.4) is 0 Å². The van der Waals surface area contributed by atoms with Crippen LogP contribution in [0.25, 0.3) is 33.3 Å². The van der Waals surface area contributed by atoms with Crippen LogP contribution in [-0.2, 0) is 4.74 Å². The lowest BCUT2D eigenvalue weighted by Crippen LogP contribution is -2.35. The van der Waals surface area contributed by atoms with Crippen LogP contribution in [-0.4, -0.2) is 54.6 Å². The van der Waals surface area contributed by atoms with Gasteiger partial charge in [0.15, 0.2) is 17.6 Å². The van der Waals surface area contributed by atoms with E-state index < -0.39 is 12.2 Å².